The molecule has 5 nitrogen and oxygen atoms in total. The van der Waals surface area contributed by atoms with Gasteiger partial charge in [-0.3, -0.25) is 0 Å². The van der Waals surface area contributed by atoms with Gasteiger partial charge in [0.15, 0.2) is 9.84 Å². The smallest absolute Gasteiger partial charge is 0.175 e. The average Bonchev–Trinajstić information content (AvgIpc) is 2.28. The summed E-state index contributed by atoms with van der Waals surface area (Å²) < 4.78 is 28.3. The number of nitrogen functional groups attached to an aromatic ring is 1. The summed E-state index contributed by atoms with van der Waals surface area (Å²) in [6, 6.07) is 9.48. The van der Waals surface area contributed by atoms with Gasteiger partial charge in [0.2, 0.25) is 0 Å². The number of ether oxygens (including phenoxy) is 1. The van der Waals surface area contributed by atoms with E-state index in [2.05, 4.69) is 4.98 Å². The lowest BCUT2D eigenvalue weighted by Gasteiger charge is -2.07. The Morgan fingerprint density at radius 1 is 1.17 bits per heavy atom. The van der Waals surface area contributed by atoms with Crippen LogP contribution in [0.15, 0.2) is 47.5 Å². The van der Waals surface area contributed by atoms with E-state index in [0.717, 1.165) is 6.26 Å². The van der Waals surface area contributed by atoms with Gasteiger partial charge in [-0.1, -0.05) is 6.07 Å². The number of aromatic nitrogens is 1. The molecule has 0 saturated carbocycles. The minimum Gasteiger partial charge on any atom is -0.457 e. The lowest BCUT2D eigenvalue weighted by atomic mass is 10.3. The van der Waals surface area contributed by atoms with Crippen molar-refractivity contribution in [2.24, 2.45) is 0 Å². The molecule has 1 heterocycles. The average molecular weight is 264 g/mol. The third-order valence-electron chi connectivity index (χ3n) is 2.22. The highest BCUT2D eigenvalue weighted by Gasteiger charge is 2.08. The van der Waals surface area contributed by atoms with Crippen LogP contribution in [0.5, 0.6) is 11.5 Å². The zero-order chi connectivity index (χ0) is 13.2. The molecular formula is C12H12N2O3S. The molecule has 0 spiro atoms. The van der Waals surface area contributed by atoms with Crippen LogP contribution in [-0.2, 0) is 9.84 Å². The molecule has 1 aromatic carbocycles. The number of pyridine rings is 1. The van der Waals surface area contributed by atoms with E-state index in [9.17, 15) is 8.42 Å². The number of hydrogen-bond donors (Lipinski definition) is 1. The molecule has 0 atom stereocenters. The number of hydrogen-bond acceptors (Lipinski definition) is 5. The van der Waals surface area contributed by atoms with Gasteiger partial charge in [0.05, 0.1) is 4.90 Å². The number of benzene rings is 1. The zero-order valence-electron chi connectivity index (χ0n) is 9.70. The van der Waals surface area contributed by atoms with Gasteiger partial charge < -0.3 is 10.5 Å². The highest BCUT2D eigenvalue weighted by atomic mass is 32.2. The van der Waals surface area contributed by atoms with E-state index in [1.807, 2.05) is 0 Å². The Hall–Kier alpha value is -2.08. The summed E-state index contributed by atoms with van der Waals surface area (Å²) in [4.78, 5) is 4.05. The fraction of sp³-hybridized carbons (Fsp3) is 0.0833. The first kappa shape index (κ1) is 12.4. The highest BCUT2D eigenvalue weighted by Crippen LogP contribution is 2.24. The van der Waals surface area contributed by atoms with E-state index in [4.69, 9.17) is 10.5 Å². The number of sulfone groups is 1. The SMILES string of the molecule is CS(=O)(=O)c1cccc(Oc2ccnc(N)c2)c1. The maximum atomic E-state index is 11.4. The minimum absolute atomic E-state index is 0.210. The molecule has 0 bridgehead atoms. The molecule has 2 aromatic rings. The summed E-state index contributed by atoms with van der Waals surface area (Å²) in [6.45, 7) is 0. The van der Waals surface area contributed by atoms with E-state index >= 15 is 0 Å². The second-order valence-electron chi connectivity index (χ2n) is 3.77. The van der Waals surface area contributed by atoms with Crippen LogP contribution in [0.25, 0.3) is 0 Å². The van der Waals surface area contributed by atoms with Gasteiger partial charge in [0.1, 0.15) is 17.3 Å². The molecule has 94 valence electrons. The molecule has 0 amide bonds. The Kier molecular flexibility index (Phi) is 3.20. The molecule has 2 N–H and O–H groups in total. The molecule has 0 saturated heterocycles. The highest BCUT2D eigenvalue weighted by molar-refractivity contribution is 7.90. The van der Waals surface area contributed by atoms with Crippen molar-refractivity contribution in [2.75, 3.05) is 12.0 Å². The lowest BCUT2D eigenvalue weighted by Crippen LogP contribution is -1.97. The predicted octanol–water partition coefficient (Wildman–Crippen LogP) is 1.86. The maximum Gasteiger partial charge on any atom is 0.175 e. The van der Waals surface area contributed by atoms with Crippen molar-refractivity contribution in [1.29, 1.82) is 0 Å². The molecule has 0 fully saturated rings. The third-order valence-corrected chi connectivity index (χ3v) is 3.33. The molecule has 0 radical (unpaired) electrons. The number of anilines is 1. The summed E-state index contributed by atoms with van der Waals surface area (Å²) in [5.74, 6) is 1.28. The molecule has 6 heteroatoms. The summed E-state index contributed by atoms with van der Waals surface area (Å²) in [5, 5.41) is 0. The molecular weight excluding hydrogens is 252 g/mol. The monoisotopic (exact) mass is 264 g/mol. The van der Waals surface area contributed by atoms with Crippen LogP contribution in [-0.4, -0.2) is 19.7 Å². The largest absolute Gasteiger partial charge is 0.457 e. The van der Waals surface area contributed by atoms with Gasteiger partial charge in [0.25, 0.3) is 0 Å². The van der Waals surface area contributed by atoms with Gasteiger partial charge in [0, 0.05) is 18.5 Å². The Bertz CT molecular complexity index is 669. The number of rotatable bonds is 3. The fourth-order valence-electron chi connectivity index (χ4n) is 1.40. The van der Waals surface area contributed by atoms with Crippen molar-refractivity contribution in [3.05, 3.63) is 42.6 Å². The van der Waals surface area contributed by atoms with E-state index in [-0.39, 0.29) is 4.90 Å². The fourth-order valence-corrected chi connectivity index (χ4v) is 2.05. The van der Waals surface area contributed by atoms with E-state index in [1.165, 1.54) is 18.3 Å². The van der Waals surface area contributed by atoms with Crippen molar-refractivity contribution in [1.82, 2.24) is 4.98 Å². The second-order valence-corrected chi connectivity index (χ2v) is 5.78. The predicted molar refractivity (Wildman–Crippen MR) is 68.3 cm³/mol. The van der Waals surface area contributed by atoms with Gasteiger partial charge in [-0.25, -0.2) is 13.4 Å². The standard InChI is InChI=1S/C12H12N2O3S/c1-18(15,16)11-4-2-3-9(7-11)17-10-5-6-14-12(13)8-10/h2-8H,1H3,(H2,13,14). The number of nitrogens with zero attached hydrogens (tertiary/aromatic N) is 1. The number of nitrogens with two attached hydrogens (primary N) is 1. The first-order valence-electron chi connectivity index (χ1n) is 5.15. The van der Waals surface area contributed by atoms with Crippen molar-refractivity contribution in [2.45, 2.75) is 4.90 Å². The van der Waals surface area contributed by atoms with Crippen LogP contribution in [0.1, 0.15) is 0 Å². The van der Waals surface area contributed by atoms with Gasteiger partial charge in [-0.05, 0) is 24.3 Å². The summed E-state index contributed by atoms with van der Waals surface area (Å²) in [6.07, 6.45) is 2.67. The van der Waals surface area contributed by atoms with E-state index in [1.54, 1.807) is 24.3 Å². The molecule has 0 aliphatic heterocycles. The van der Waals surface area contributed by atoms with Crippen LogP contribution in [0.3, 0.4) is 0 Å². The van der Waals surface area contributed by atoms with Crippen molar-refractivity contribution in [3.63, 3.8) is 0 Å². The van der Waals surface area contributed by atoms with Crippen molar-refractivity contribution >= 4 is 15.7 Å². The van der Waals surface area contributed by atoms with Crippen LogP contribution in [0.4, 0.5) is 5.82 Å². The molecule has 2 rings (SSSR count). The minimum atomic E-state index is -3.24. The van der Waals surface area contributed by atoms with Gasteiger partial charge in [-0.2, -0.15) is 0 Å². The molecule has 0 aliphatic carbocycles. The topological polar surface area (TPSA) is 82.3 Å². The van der Waals surface area contributed by atoms with E-state index in [0.29, 0.717) is 17.3 Å². The van der Waals surface area contributed by atoms with Gasteiger partial charge in [-0.15, -0.1) is 0 Å². The normalized spacial score (nSPS) is 11.2. The molecule has 0 unspecified atom stereocenters. The summed E-state index contributed by atoms with van der Waals surface area (Å²) >= 11 is 0. The van der Waals surface area contributed by atoms with Crippen molar-refractivity contribution < 1.29 is 13.2 Å². The Morgan fingerprint density at radius 3 is 2.56 bits per heavy atom. The first-order valence-corrected chi connectivity index (χ1v) is 7.04. The van der Waals surface area contributed by atoms with Crippen LogP contribution < -0.4 is 10.5 Å². The van der Waals surface area contributed by atoms with Crippen LogP contribution >= 0.6 is 0 Å². The maximum absolute atomic E-state index is 11.4. The van der Waals surface area contributed by atoms with Gasteiger partial charge >= 0.3 is 0 Å². The molecule has 18 heavy (non-hydrogen) atoms. The first-order chi connectivity index (χ1) is 8.45. The molecule has 1 aromatic heterocycles. The quantitative estimate of drug-likeness (QED) is 0.915. The third kappa shape index (κ3) is 2.98. The van der Waals surface area contributed by atoms with Crippen molar-refractivity contribution in [3.8, 4) is 11.5 Å². The Balaban J connectivity index is 2.30. The Morgan fingerprint density at radius 2 is 1.89 bits per heavy atom. The summed E-state index contributed by atoms with van der Waals surface area (Å²) in [7, 11) is -3.24. The lowest BCUT2D eigenvalue weighted by molar-refractivity contribution is 0.480. The molecule has 0 aliphatic rings. The Labute approximate surface area is 105 Å². The summed E-state index contributed by atoms with van der Waals surface area (Å²) in [5.41, 5.74) is 5.52. The zero-order valence-corrected chi connectivity index (χ0v) is 10.5. The van der Waals surface area contributed by atoms with E-state index < -0.39 is 9.84 Å². The van der Waals surface area contributed by atoms with Crippen LogP contribution in [0, 0.1) is 0 Å². The second kappa shape index (κ2) is 4.66. The van der Waals surface area contributed by atoms with Crippen LogP contribution in [0.2, 0.25) is 0 Å².